The minimum absolute atomic E-state index is 0.0522. The second kappa shape index (κ2) is 5.66. The molecule has 0 fully saturated rings. The molecule has 0 aromatic heterocycles. The van der Waals surface area contributed by atoms with Crippen molar-refractivity contribution in [1.29, 1.82) is 0 Å². The Kier molecular flexibility index (Phi) is 5.21. The van der Waals surface area contributed by atoms with Crippen molar-refractivity contribution in [2.24, 2.45) is 5.73 Å². The van der Waals surface area contributed by atoms with Crippen molar-refractivity contribution in [3.63, 3.8) is 0 Å². The van der Waals surface area contributed by atoms with Crippen LogP contribution in [0, 0.1) is 0 Å². The van der Waals surface area contributed by atoms with Crippen molar-refractivity contribution in [2.45, 2.75) is 20.0 Å². The van der Waals surface area contributed by atoms with E-state index in [1.165, 1.54) is 0 Å². The van der Waals surface area contributed by atoms with E-state index in [0.29, 0.717) is 0 Å². The first-order valence-electron chi connectivity index (χ1n) is 4.00. The molecule has 0 rings (SSSR count). The quantitative estimate of drug-likeness (QED) is 0.618. The van der Waals surface area contributed by atoms with Gasteiger partial charge < -0.3 is 15.8 Å². The lowest BCUT2D eigenvalue weighted by atomic mass is 10.2. The number of hydrogen-bond acceptors (Lipinski definition) is 3. The van der Waals surface area contributed by atoms with Crippen LogP contribution in [-0.2, 0) is 4.74 Å². The number of methoxy groups -OCH3 is 1. The number of rotatable bonds is 4. The number of ether oxygens (including phenoxy) is 1. The van der Waals surface area contributed by atoms with Gasteiger partial charge >= 0.3 is 0 Å². The van der Waals surface area contributed by atoms with Gasteiger partial charge in [-0.25, -0.2) is 0 Å². The molecule has 0 bridgehead atoms. The average molecular weight is 170 g/mol. The van der Waals surface area contributed by atoms with E-state index in [0.717, 1.165) is 11.4 Å². The summed E-state index contributed by atoms with van der Waals surface area (Å²) in [4.78, 5) is 0. The molecule has 0 aromatic rings. The van der Waals surface area contributed by atoms with Gasteiger partial charge in [-0.1, -0.05) is 6.08 Å². The highest BCUT2D eigenvalue weighted by molar-refractivity contribution is 5.23. The third-order valence-corrected chi connectivity index (χ3v) is 1.71. The highest BCUT2D eigenvalue weighted by Gasteiger charge is 2.06. The van der Waals surface area contributed by atoms with E-state index in [9.17, 15) is 0 Å². The topological polar surface area (TPSA) is 47.3 Å². The van der Waals surface area contributed by atoms with Crippen LogP contribution < -0.4 is 11.1 Å². The molecule has 12 heavy (non-hydrogen) atoms. The second-order valence-electron chi connectivity index (χ2n) is 2.50. The first kappa shape index (κ1) is 11.0. The standard InChI is InChI=1S/C9H18N2O/c1-5-6-8(11-3)9(10)7(2)12-4/h5-7,11H,10H2,1-4H3/b6-5-,9-8-. The van der Waals surface area contributed by atoms with E-state index in [4.69, 9.17) is 10.5 Å². The molecular weight excluding hydrogens is 152 g/mol. The van der Waals surface area contributed by atoms with E-state index in [1.54, 1.807) is 7.11 Å². The summed E-state index contributed by atoms with van der Waals surface area (Å²) in [6, 6.07) is 0. The van der Waals surface area contributed by atoms with Gasteiger partial charge in [-0.2, -0.15) is 0 Å². The molecule has 0 aliphatic rings. The molecule has 0 aromatic carbocycles. The molecule has 0 aliphatic carbocycles. The Labute approximate surface area is 74.3 Å². The normalized spacial score (nSPS) is 16.0. The van der Waals surface area contributed by atoms with Gasteiger partial charge in [0.05, 0.1) is 17.5 Å². The van der Waals surface area contributed by atoms with Gasteiger partial charge in [0.2, 0.25) is 0 Å². The zero-order valence-corrected chi connectivity index (χ0v) is 8.22. The van der Waals surface area contributed by atoms with Crippen LogP contribution in [0.4, 0.5) is 0 Å². The lowest BCUT2D eigenvalue weighted by Crippen LogP contribution is -2.22. The van der Waals surface area contributed by atoms with Gasteiger partial charge in [0, 0.05) is 14.2 Å². The van der Waals surface area contributed by atoms with Crippen molar-refractivity contribution in [1.82, 2.24) is 5.32 Å². The Bertz CT molecular complexity index is 185. The number of nitrogens with one attached hydrogen (secondary N) is 1. The summed E-state index contributed by atoms with van der Waals surface area (Å²) in [6.45, 7) is 3.86. The summed E-state index contributed by atoms with van der Waals surface area (Å²) in [7, 11) is 3.48. The van der Waals surface area contributed by atoms with E-state index in [1.807, 2.05) is 33.0 Å². The highest BCUT2D eigenvalue weighted by Crippen LogP contribution is 2.04. The Balaban J connectivity index is 4.58. The van der Waals surface area contributed by atoms with Gasteiger partial charge in [-0.3, -0.25) is 0 Å². The number of allylic oxidation sites excluding steroid dienone is 2. The third-order valence-electron chi connectivity index (χ3n) is 1.71. The van der Waals surface area contributed by atoms with Crippen LogP contribution in [-0.4, -0.2) is 20.3 Å². The predicted octanol–water partition coefficient (Wildman–Crippen LogP) is 0.987. The maximum atomic E-state index is 5.81. The van der Waals surface area contributed by atoms with Gasteiger partial charge in [0.25, 0.3) is 0 Å². The van der Waals surface area contributed by atoms with Crippen LogP contribution in [0.25, 0.3) is 0 Å². The van der Waals surface area contributed by atoms with Crippen molar-refractivity contribution in [2.75, 3.05) is 14.2 Å². The van der Waals surface area contributed by atoms with Gasteiger partial charge in [-0.05, 0) is 19.9 Å². The first-order chi connectivity index (χ1) is 5.67. The molecule has 3 N–H and O–H groups in total. The molecular formula is C9H18N2O. The van der Waals surface area contributed by atoms with Gasteiger partial charge in [0.15, 0.2) is 0 Å². The largest absolute Gasteiger partial charge is 0.398 e. The fourth-order valence-corrected chi connectivity index (χ4v) is 0.837. The van der Waals surface area contributed by atoms with Crippen LogP contribution in [0.3, 0.4) is 0 Å². The molecule has 0 saturated heterocycles. The molecule has 3 heteroatoms. The molecule has 0 aliphatic heterocycles. The molecule has 3 nitrogen and oxygen atoms in total. The highest BCUT2D eigenvalue weighted by atomic mass is 16.5. The summed E-state index contributed by atoms with van der Waals surface area (Å²) >= 11 is 0. The van der Waals surface area contributed by atoms with Crippen LogP contribution in [0.1, 0.15) is 13.8 Å². The van der Waals surface area contributed by atoms with E-state index < -0.39 is 0 Å². The first-order valence-corrected chi connectivity index (χ1v) is 4.00. The van der Waals surface area contributed by atoms with Crippen molar-refractivity contribution in [3.05, 3.63) is 23.5 Å². The molecule has 0 amide bonds. The fourth-order valence-electron chi connectivity index (χ4n) is 0.837. The summed E-state index contributed by atoms with van der Waals surface area (Å²) in [6.07, 6.45) is 3.80. The molecule has 0 radical (unpaired) electrons. The SMILES string of the molecule is C/C=C\C(NC)=C(\N)C(C)OC. The molecule has 0 saturated carbocycles. The summed E-state index contributed by atoms with van der Waals surface area (Å²) in [5, 5.41) is 3.01. The summed E-state index contributed by atoms with van der Waals surface area (Å²) in [5.41, 5.74) is 7.44. The van der Waals surface area contributed by atoms with E-state index >= 15 is 0 Å². The fraction of sp³-hybridized carbons (Fsp3) is 0.556. The summed E-state index contributed by atoms with van der Waals surface area (Å²) in [5.74, 6) is 0. The molecule has 1 atom stereocenters. The van der Waals surface area contributed by atoms with Crippen molar-refractivity contribution in [3.8, 4) is 0 Å². The Hall–Kier alpha value is -0.960. The van der Waals surface area contributed by atoms with E-state index in [-0.39, 0.29) is 6.10 Å². The number of nitrogens with two attached hydrogens (primary N) is 1. The second-order valence-corrected chi connectivity index (χ2v) is 2.50. The lowest BCUT2D eigenvalue weighted by molar-refractivity contribution is 0.144. The zero-order valence-electron chi connectivity index (χ0n) is 8.22. The lowest BCUT2D eigenvalue weighted by Gasteiger charge is -2.13. The van der Waals surface area contributed by atoms with Crippen LogP contribution in [0.5, 0.6) is 0 Å². The smallest absolute Gasteiger partial charge is 0.0956 e. The van der Waals surface area contributed by atoms with Gasteiger partial charge in [-0.15, -0.1) is 0 Å². The van der Waals surface area contributed by atoms with Crippen molar-refractivity contribution >= 4 is 0 Å². The Morgan fingerprint density at radius 1 is 1.58 bits per heavy atom. The molecule has 1 unspecified atom stereocenters. The minimum atomic E-state index is -0.0522. The van der Waals surface area contributed by atoms with Crippen LogP contribution >= 0.6 is 0 Å². The maximum Gasteiger partial charge on any atom is 0.0956 e. The monoisotopic (exact) mass is 170 g/mol. The molecule has 0 heterocycles. The summed E-state index contributed by atoms with van der Waals surface area (Å²) < 4.78 is 5.08. The molecule has 70 valence electrons. The third kappa shape index (κ3) is 2.96. The van der Waals surface area contributed by atoms with Gasteiger partial charge in [0.1, 0.15) is 0 Å². The zero-order chi connectivity index (χ0) is 9.56. The van der Waals surface area contributed by atoms with E-state index in [2.05, 4.69) is 5.32 Å². The maximum absolute atomic E-state index is 5.81. The van der Waals surface area contributed by atoms with Crippen molar-refractivity contribution < 1.29 is 4.74 Å². The Morgan fingerprint density at radius 2 is 2.17 bits per heavy atom. The van der Waals surface area contributed by atoms with Crippen LogP contribution in [0.15, 0.2) is 23.5 Å². The number of hydrogen-bond donors (Lipinski definition) is 2. The Morgan fingerprint density at radius 3 is 2.50 bits per heavy atom. The predicted molar refractivity (Wildman–Crippen MR) is 51.6 cm³/mol. The minimum Gasteiger partial charge on any atom is -0.398 e. The molecule has 0 spiro atoms. The van der Waals surface area contributed by atoms with Crippen LogP contribution in [0.2, 0.25) is 0 Å². The number of likely N-dealkylation sites (N-methyl/N-ethyl adjacent to an activating group) is 1. The average Bonchev–Trinajstić information content (AvgIpc) is 2.11.